The van der Waals surface area contributed by atoms with Crippen molar-refractivity contribution in [3.8, 4) is 5.75 Å². The van der Waals surface area contributed by atoms with Gasteiger partial charge in [0.25, 0.3) is 0 Å². The number of nitrogens with zero attached hydrogens (tertiary/aromatic N) is 3. The Hall–Kier alpha value is -3.47. The average Bonchev–Trinajstić information content (AvgIpc) is 3.13. The monoisotopic (exact) mass is 397 g/mol. The summed E-state index contributed by atoms with van der Waals surface area (Å²) in [6, 6.07) is 18.2. The molecule has 0 atom stereocenters. The van der Waals surface area contributed by atoms with Crippen LogP contribution in [0, 0.1) is 0 Å². The van der Waals surface area contributed by atoms with E-state index in [1.807, 2.05) is 54.1 Å². The summed E-state index contributed by atoms with van der Waals surface area (Å²) in [7, 11) is 0. The summed E-state index contributed by atoms with van der Waals surface area (Å²) in [5.41, 5.74) is 5.25. The highest BCUT2D eigenvalue weighted by atomic mass is 16.5. The smallest absolute Gasteiger partial charge is 0.198 e. The highest BCUT2D eigenvalue weighted by Crippen LogP contribution is 2.35. The number of hydrogen-bond donors (Lipinski definition) is 0. The largest absolute Gasteiger partial charge is 0.492 e. The molecule has 0 saturated heterocycles. The lowest BCUT2D eigenvalue weighted by Gasteiger charge is -2.14. The van der Waals surface area contributed by atoms with Crippen molar-refractivity contribution >= 4 is 16.8 Å². The minimum Gasteiger partial charge on any atom is -0.492 e. The van der Waals surface area contributed by atoms with E-state index in [0.717, 1.165) is 47.2 Å². The lowest BCUT2D eigenvalue weighted by molar-refractivity contribution is 0.103. The number of pyridine rings is 1. The molecule has 2 heterocycles. The van der Waals surface area contributed by atoms with Crippen LogP contribution >= 0.6 is 0 Å². The van der Waals surface area contributed by atoms with Gasteiger partial charge < -0.3 is 4.74 Å². The molecule has 5 heteroatoms. The maximum Gasteiger partial charge on any atom is 0.198 e. The molecule has 1 aliphatic rings. The van der Waals surface area contributed by atoms with Gasteiger partial charge in [0.2, 0.25) is 0 Å². The molecule has 1 aliphatic carbocycles. The van der Waals surface area contributed by atoms with Crippen LogP contribution in [0.4, 0.5) is 0 Å². The Balaban J connectivity index is 1.61. The van der Waals surface area contributed by atoms with Crippen molar-refractivity contribution in [3.63, 3.8) is 0 Å². The number of rotatable bonds is 5. The molecule has 0 fully saturated rings. The molecule has 0 bridgehead atoms. The van der Waals surface area contributed by atoms with Gasteiger partial charge in [-0.2, -0.15) is 5.10 Å². The molecule has 30 heavy (non-hydrogen) atoms. The van der Waals surface area contributed by atoms with E-state index < -0.39 is 0 Å². The van der Waals surface area contributed by atoms with E-state index >= 15 is 0 Å². The number of aromatic nitrogens is 3. The number of benzene rings is 2. The molecule has 0 radical (unpaired) electrons. The molecule has 2 aromatic carbocycles. The first kappa shape index (κ1) is 18.6. The summed E-state index contributed by atoms with van der Waals surface area (Å²) < 4.78 is 7.94. The molecule has 2 aromatic heterocycles. The Kier molecular flexibility index (Phi) is 4.79. The number of fused-ring (bicyclic) bond motifs is 3. The summed E-state index contributed by atoms with van der Waals surface area (Å²) in [6.45, 7) is 3.14. The van der Waals surface area contributed by atoms with Crippen molar-refractivity contribution in [1.82, 2.24) is 14.8 Å². The number of ether oxygens (including phenoxy) is 1. The fourth-order valence-electron chi connectivity index (χ4n) is 4.21. The van der Waals surface area contributed by atoms with Crippen LogP contribution in [0.5, 0.6) is 5.75 Å². The minimum absolute atomic E-state index is 0.00649. The molecule has 150 valence electrons. The Bertz CT molecular complexity index is 1230. The Morgan fingerprint density at radius 1 is 1.03 bits per heavy atom. The van der Waals surface area contributed by atoms with Crippen molar-refractivity contribution < 1.29 is 9.53 Å². The van der Waals surface area contributed by atoms with E-state index in [-0.39, 0.29) is 5.78 Å². The van der Waals surface area contributed by atoms with Crippen molar-refractivity contribution in [1.29, 1.82) is 0 Å². The molecule has 0 amide bonds. The summed E-state index contributed by atoms with van der Waals surface area (Å²) >= 11 is 0. The summed E-state index contributed by atoms with van der Waals surface area (Å²) in [4.78, 5) is 18.4. The fourth-order valence-corrected chi connectivity index (χ4v) is 4.21. The van der Waals surface area contributed by atoms with E-state index in [1.54, 1.807) is 6.20 Å². The Morgan fingerprint density at radius 2 is 1.83 bits per heavy atom. The van der Waals surface area contributed by atoms with Crippen LogP contribution in [-0.2, 0) is 25.8 Å². The van der Waals surface area contributed by atoms with Crippen LogP contribution in [0.25, 0.3) is 11.0 Å². The standard InChI is InChI=1S/C25H23N3O2/c1-2-30-24-20-16-26-28(15-14-17-8-4-3-5-9-17)25(20)27-21-13-12-18-10-6-7-11-19(18)23(29)22(21)24/h3-11,16H,2,12-15H2,1H3. The molecule has 0 saturated carbocycles. The third-order valence-corrected chi connectivity index (χ3v) is 5.68. The van der Waals surface area contributed by atoms with Crippen LogP contribution in [0.15, 0.2) is 60.8 Å². The van der Waals surface area contributed by atoms with Crippen LogP contribution in [0.1, 0.15) is 39.7 Å². The number of ketones is 1. The van der Waals surface area contributed by atoms with Gasteiger partial charge in [-0.1, -0.05) is 54.6 Å². The third-order valence-electron chi connectivity index (χ3n) is 5.68. The molecule has 4 aromatic rings. The first-order chi connectivity index (χ1) is 14.8. The Morgan fingerprint density at radius 3 is 2.67 bits per heavy atom. The summed E-state index contributed by atoms with van der Waals surface area (Å²) in [5, 5.41) is 5.38. The zero-order valence-electron chi connectivity index (χ0n) is 17.0. The molecular formula is C25H23N3O2. The number of hydrogen-bond acceptors (Lipinski definition) is 4. The molecule has 0 unspecified atom stereocenters. The zero-order chi connectivity index (χ0) is 20.5. The van der Waals surface area contributed by atoms with Gasteiger partial charge in [0, 0.05) is 12.1 Å². The van der Waals surface area contributed by atoms with Crippen molar-refractivity contribution in [2.24, 2.45) is 0 Å². The van der Waals surface area contributed by atoms with E-state index in [9.17, 15) is 4.79 Å². The maximum atomic E-state index is 13.4. The number of carbonyl (C=O) groups is 1. The first-order valence-corrected chi connectivity index (χ1v) is 10.4. The maximum absolute atomic E-state index is 13.4. The fraction of sp³-hybridized carbons (Fsp3) is 0.240. The molecular weight excluding hydrogens is 374 g/mol. The van der Waals surface area contributed by atoms with Gasteiger partial charge in [-0.25, -0.2) is 9.67 Å². The highest BCUT2D eigenvalue weighted by molar-refractivity contribution is 6.15. The van der Waals surface area contributed by atoms with Gasteiger partial charge in [-0.05, 0) is 37.3 Å². The van der Waals surface area contributed by atoms with E-state index in [4.69, 9.17) is 9.72 Å². The van der Waals surface area contributed by atoms with Crippen LogP contribution < -0.4 is 4.74 Å². The van der Waals surface area contributed by atoms with Gasteiger partial charge in [0.15, 0.2) is 11.4 Å². The van der Waals surface area contributed by atoms with Gasteiger partial charge in [-0.15, -0.1) is 0 Å². The lowest BCUT2D eigenvalue weighted by atomic mass is 9.99. The predicted octanol–water partition coefficient (Wildman–Crippen LogP) is 4.40. The second-order valence-electron chi connectivity index (χ2n) is 7.52. The lowest BCUT2D eigenvalue weighted by Crippen LogP contribution is -2.11. The quantitative estimate of drug-likeness (QED) is 0.501. The van der Waals surface area contributed by atoms with E-state index in [0.29, 0.717) is 24.3 Å². The second kappa shape index (κ2) is 7.75. The van der Waals surface area contributed by atoms with E-state index in [1.165, 1.54) is 5.56 Å². The van der Waals surface area contributed by atoms with Crippen molar-refractivity contribution in [3.05, 3.63) is 88.7 Å². The van der Waals surface area contributed by atoms with Crippen LogP contribution in [0.2, 0.25) is 0 Å². The normalized spacial score (nSPS) is 13.0. The van der Waals surface area contributed by atoms with Gasteiger partial charge in [-0.3, -0.25) is 4.79 Å². The number of aryl methyl sites for hydroxylation is 4. The Labute approximate surface area is 175 Å². The molecule has 0 N–H and O–H groups in total. The number of carbonyl (C=O) groups excluding carboxylic acids is 1. The SMILES string of the molecule is CCOc1c2c(nc3c1cnn3CCc1ccccc1)CCc1ccccc1C2=O. The van der Waals surface area contributed by atoms with Gasteiger partial charge in [0.1, 0.15) is 5.75 Å². The summed E-state index contributed by atoms with van der Waals surface area (Å²) in [5.74, 6) is 0.609. The molecule has 5 rings (SSSR count). The van der Waals surface area contributed by atoms with E-state index in [2.05, 4.69) is 17.2 Å². The minimum atomic E-state index is -0.00649. The van der Waals surface area contributed by atoms with Crippen molar-refractivity contribution in [2.45, 2.75) is 32.7 Å². The van der Waals surface area contributed by atoms with Crippen LogP contribution in [-0.4, -0.2) is 27.2 Å². The molecule has 5 nitrogen and oxygen atoms in total. The molecule has 0 aliphatic heterocycles. The van der Waals surface area contributed by atoms with Crippen LogP contribution in [0.3, 0.4) is 0 Å². The van der Waals surface area contributed by atoms with Gasteiger partial charge in [0.05, 0.1) is 29.4 Å². The average molecular weight is 397 g/mol. The predicted molar refractivity (Wildman–Crippen MR) is 116 cm³/mol. The van der Waals surface area contributed by atoms with Crippen molar-refractivity contribution in [2.75, 3.05) is 6.61 Å². The zero-order valence-corrected chi connectivity index (χ0v) is 17.0. The topological polar surface area (TPSA) is 57.0 Å². The summed E-state index contributed by atoms with van der Waals surface area (Å²) in [6.07, 6.45) is 4.14. The first-order valence-electron chi connectivity index (χ1n) is 10.4. The second-order valence-corrected chi connectivity index (χ2v) is 7.52. The van der Waals surface area contributed by atoms with Gasteiger partial charge >= 0.3 is 0 Å². The highest BCUT2D eigenvalue weighted by Gasteiger charge is 2.28. The molecule has 0 spiro atoms. The third kappa shape index (κ3) is 3.16.